The molecule has 0 spiro atoms. The second-order valence-electron chi connectivity index (χ2n) is 5.74. The van der Waals surface area contributed by atoms with Crippen LogP contribution < -0.4 is 4.90 Å². The maximum absolute atomic E-state index is 12.7. The van der Waals surface area contributed by atoms with Gasteiger partial charge in [-0.15, -0.1) is 0 Å². The molecule has 1 fully saturated rings. The van der Waals surface area contributed by atoms with E-state index < -0.39 is 15.0 Å². The van der Waals surface area contributed by atoms with E-state index in [0.717, 1.165) is 18.1 Å². The van der Waals surface area contributed by atoms with Crippen molar-refractivity contribution in [1.82, 2.24) is 14.9 Å². The molecule has 9 heteroatoms. The molecule has 0 bridgehead atoms. The lowest BCUT2D eigenvalue weighted by molar-refractivity contribution is 0.0740. The van der Waals surface area contributed by atoms with E-state index in [-0.39, 0.29) is 16.6 Å². The summed E-state index contributed by atoms with van der Waals surface area (Å²) in [6.07, 6.45) is 2.14. The van der Waals surface area contributed by atoms with E-state index in [1.165, 1.54) is 0 Å². The molecular weight excluding hydrogens is 364 g/mol. The average molecular weight is 381 g/mol. The number of aromatic nitrogens is 2. The molecule has 1 aromatic carbocycles. The number of hydrogen-bond acceptors (Lipinski definition) is 6. The average Bonchev–Trinajstić information content (AvgIpc) is 2.61. The molecule has 1 amide bonds. The van der Waals surface area contributed by atoms with E-state index in [4.69, 9.17) is 11.6 Å². The van der Waals surface area contributed by atoms with Crippen molar-refractivity contribution in [2.75, 3.05) is 37.3 Å². The van der Waals surface area contributed by atoms with Crippen LogP contribution in [0, 0.1) is 0 Å². The van der Waals surface area contributed by atoms with E-state index in [2.05, 4.69) is 14.9 Å². The predicted molar refractivity (Wildman–Crippen MR) is 94.7 cm³/mol. The highest BCUT2D eigenvalue weighted by molar-refractivity contribution is 7.90. The molecule has 132 valence electrons. The molecule has 2 aromatic rings. The quantitative estimate of drug-likeness (QED) is 0.750. The largest absolute Gasteiger partial charge is 0.368 e. The number of carbonyl (C=O) groups is 1. The van der Waals surface area contributed by atoms with Crippen LogP contribution in [0.25, 0.3) is 0 Å². The molecule has 1 aliphatic rings. The number of piperazine rings is 1. The van der Waals surface area contributed by atoms with E-state index in [9.17, 15) is 13.2 Å². The zero-order valence-corrected chi connectivity index (χ0v) is 15.2. The van der Waals surface area contributed by atoms with Gasteiger partial charge in [0, 0.05) is 38.1 Å². The van der Waals surface area contributed by atoms with Crippen molar-refractivity contribution in [2.24, 2.45) is 0 Å². The van der Waals surface area contributed by atoms with Crippen molar-refractivity contribution in [3.05, 3.63) is 47.2 Å². The minimum Gasteiger partial charge on any atom is -0.368 e. The number of para-hydroxylation sites is 1. The van der Waals surface area contributed by atoms with E-state index in [0.29, 0.717) is 26.2 Å². The van der Waals surface area contributed by atoms with Gasteiger partial charge < -0.3 is 9.80 Å². The molecule has 25 heavy (non-hydrogen) atoms. The summed E-state index contributed by atoms with van der Waals surface area (Å²) in [5.74, 6) is -0.384. The summed E-state index contributed by atoms with van der Waals surface area (Å²) in [7, 11) is -3.61. The first-order chi connectivity index (χ1) is 11.9. The van der Waals surface area contributed by atoms with Crippen LogP contribution in [0.5, 0.6) is 0 Å². The smallest absolute Gasteiger partial charge is 0.274 e. The van der Waals surface area contributed by atoms with Crippen molar-refractivity contribution in [2.45, 2.75) is 5.16 Å². The van der Waals surface area contributed by atoms with Gasteiger partial charge in [0.2, 0.25) is 15.0 Å². The summed E-state index contributed by atoms with van der Waals surface area (Å²) < 4.78 is 23.2. The summed E-state index contributed by atoms with van der Waals surface area (Å²) in [6, 6.07) is 9.95. The number of carbonyl (C=O) groups excluding carboxylic acids is 1. The SMILES string of the molecule is CS(=O)(=O)c1ncc(Cl)c(C(=O)N2CCN(c3ccccc3)CC2)n1. The number of halogens is 1. The van der Waals surface area contributed by atoms with Crippen LogP contribution in [0.15, 0.2) is 41.7 Å². The lowest BCUT2D eigenvalue weighted by Gasteiger charge is -2.36. The lowest BCUT2D eigenvalue weighted by atomic mass is 10.2. The highest BCUT2D eigenvalue weighted by Gasteiger charge is 2.26. The van der Waals surface area contributed by atoms with E-state index in [1.807, 2.05) is 30.3 Å². The number of anilines is 1. The molecule has 0 radical (unpaired) electrons. The third kappa shape index (κ3) is 3.91. The lowest BCUT2D eigenvalue weighted by Crippen LogP contribution is -2.49. The molecule has 0 atom stereocenters. The predicted octanol–water partition coefficient (Wildman–Crippen LogP) is 1.50. The van der Waals surface area contributed by atoms with Gasteiger partial charge in [0.05, 0.1) is 11.2 Å². The van der Waals surface area contributed by atoms with Gasteiger partial charge in [-0.1, -0.05) is 29.8 Å². The van der Waals surface area contributed by atoms with Crippen LogP contribution >= 0.6 is 11.6 Å². The Balaban J connectivity index is 1.75. The van der Waals surface area contributed by atoms with Crippen LogP contribution in [0.4, 0.5) is 5.69 Å². The van der Waals surface area contributed by atoms with Crippen LogP contribution in [0.1, 0.15) is 10.5 Å². The molecular formula is C16H17ClN4O3S. The molecule has 2 heterocycles. The molecule has 0 aliphatic carbocycles. The highest BCUT2D eigenvalue weighted by atomic mass is 35.5. The summed E-state index contributed by atoms with van der Waals surface area (Å²) in [5.41, 5.74) is 1.03. The Bertz CT molecular complexity index is 882. The third-order valence-electron chi connectivity index (χ3n) is 3.94. The van der Waals surface area contributed by atoms with E-state index in [1.54, 1.807) is 4.90 Å². The van der Waals surface area contributed by atoms with Crippen molar-refractivity contribution in [3.8, 4) is 0 Å². The molecule has 1 aromatic heterocycles. The molecule has 1 aliphatic heterocycles. The fourth-order valence-electron chi connectivity index (χ4n) is 2.64. The Morgan fingerprint density at radius 3 is 2.36 bits per heavy atom. The minimum atomic E-state index is -3.61. The molecule has 7 nitrogen and oxygen atoms in total. The van der Waals surface area contributed by atoms with Gasteiger partial charge in [-0.2, -0.15) is 0 Å². The molecule has 0 unspecified atom stereocenters. The number of amides is 1. The Kier molecular flexibility index (Phi) is 4.91. The van der Waals surface area contributed by atoms with Crippen LogP contribution in [-0.4, -0.2) is 61.6 Å². The normalized spacial score (nSPS) is 15.3. The monoisotopic (exact) mass is 380 g/mol. The fraction of sp³-hybridized carbons (Fsp3) is 0.312. The summed E-state index contributed by atoms with van der Waals surface area (Å²) >= 11 is 6.01. The van der Waals surface area contributed by atoms with Gasteiger partial charge in [0.25, 0.3) is 5.91 Å². The van der Waals surface area contributed by atoms with Gasteiger partial charge >= 0.3 is 0 Å². The molecule has 0 N–H and O–H groups in total. The Morgan fingerprint density at radius 1 is 1.12 bits per heavy atom. The molecule has 1 saturated heterocycles. The maximum Gasteiger partial charge on any atom is 0.274 e. The minimum absolute atomic E-state index is 0.0443. The van der Waals surface area contributed by atoms with Crippen molar-refractivity contribution in [3.63, 3.8) is 0 Å². The topological polar surface area (TPSA) is 83.5 Å². The van der Waals surface area contributed by atoms with Crippen molar-refractivity contribution < 1.29 is 13.2 Å². The Labute approximate surface area is 151 Å². The second kappa shape index (κ2) is 6.97. The molecule has 3 rings (SSSR count). The molecule has 0 saturated carbocycles. The standard InChI is InChI=1S/C16H17ClN4O3S/c1-25(23,24)16-18-11-13(17)14(19-16)15(22)21-9-7-20(8-10-21)12-5-3-2-4-6-12/h2-6,11H,7-10H2,1H3. The summed E-state index contributed by atoms with van der Waals surface area (Å²) in [5, 5.41) is -0.355. The number of nitrogens with zero attached hydrogens (tertiary/aromatic N) is 4. The third-order valence-corrected chi connectivity index (χ3v) is 5.08. The first-order valence-electron chi connectivity index (χ1n) is 7.68. The van der Waals surface area contributed by atoms with Gasteiger partial charge in [0.1, 0.15) is 0 Å². The maximum atomic E-state index is 12.7. The zero-order valence-electron chi connectivity index (χ0n) is 13.6. The van der Waals surface area contributed by atoms with Gasteiger partial charge in [-0.3, -0.25) is 4.79 Å². The highest BCUT2D eigenvalue weighted by Crippen LogP contribution is 2.19. The van der Waals surface area contributed by atoms with Crippen molar-refractivity contribution >= 4 is 33.0 Å². The van der Waals surface area contributed by atoms with Crippen LogP contribution in [0.3, 0.4) is 0 Å². The second-order valence-corrected chi connectivity index (χ2v) is 8.05. The van der Waals surface area contributed by atoms with Crippen LogP contribution in [0.2, 0.25) is 5.02 Å². The van der Waals surface area contributed by atoms with Gasteiger partial charge in [-0.05, 0) is 12.1 Å². The summed E-state index contributed by atoms with van der Waals surface area (Å²) in [6.45, 7) is 2.36. The van der Waals surface area contributed by atoms with E-state index >= 15 is 0 Å². The summed E-state index contributed by atoms with van der Waals surface area (Å²) in [4.78, 5) is 24.0. The van der Waals surface area contributed by atoms with Gasteiger partial charge in [-0.25, -0.2) is 18.4 Å². The first-order valence-corrected chi connectivity index (χ1v) is 9.95. The van der Waals surface area contributed by atoms with Crippen molar-refractivity contribution in [1.29, 1.82) is 0 Å². The Hall–Kier alpha value is -2.19. The van der Waals surface area contributed by atoms with Gasteiger partial charge in [0.15, 0.2) is 5.69 Å². The fourth-order valence-corrected chi connectivity index (χ4v) is 3.31. The number of rotatable bonds is 3. The zero-order chi connectivity index (χ0) is 18.0. The first kappa shape index (κ1) is 17.6. The van der Waals surface area contributed by atoms with Crippen LogP contribution in [-0.2, 0) is 9.84 Å². The number of benzene rings is 1. The Morgan fingerprint density at radius 2 is 1.76 bits per heavy atom. The number of sulfone groups is 1. The number of hydrogen-bond donors (Lipinski definition) is 0.